The summed E-state index contributed by atoms with van der Waals surface area (Å²) in [4.78, 5) is 4.87. The van der Waals surface area contributed by atoms with Gasteiger partial charge in [0, 0.05) is 31.3 Å². The molecular formula is C19H14FIrN2-. The molecule has 1 radical (unpaired) electrons. The van der Waals surface area contributed by atoms with Crippen LogP contribution in [0.25, 0.3) is 27.3 Å². The fourth-order valence-corrected chi connectivity index (χ4v) is 3.73. The second kappa shape index (κ2) is 5.40. The normalized spacial score (nSPS) is 14.1. The third kappa shape index (κ3) is 2.05. The molecule has 0 aliphatic heterocycles. The second-order valence-electron chi connectivity index (χ2n) is 5.99. The van der Waals surface area contributed by atoms with Crippen molar-refractivity contribution >= 4 is 27.3 Å². The van der Waals surface area contributed by atoms with E-state index < -0.39 is 0 Å². The summed E-state index contributed by atoms with van der Waals surface area (Å²) in [5, 5.41) is 3.18. The minimum absolute atomic E-state index is 0. The van der Waals surface area contributed by atoms with Crippen molar-refractivity contribution in [2.45, 2.75) is 25.7 Å². The Kier molecular flexibility index (Phi) is 3.47. The predicted molar refractivity (Wildman–Crippen MR) is 85.6 cm³/mol. The van der Waals surface area contributed by atoms with Gasteiger partial charge in [0.25, 0.3) is 0 Å². The molecule has 0 saturated carbocycles. The van der Waals surface area contributed by atoms with Crippen LogP contribution in [0.15, 0.2) is 36.4 Å². The molecule has 117 valence electrons. The van der Waals surface area contributed by atoms with E-state index in [1.54, 1.807) is 6.07 Å². The minimum Gasteiger partial charge on any atom is -0.337 e. The molecule has 2 heterocycles. The van der Waals surface area contributed by atoms with Gasteiger partial charge in [-0.2, -0.15) is 0 Å². The smallest absolute Gasteiger partial charge is 0.125 e. The number of hydrogen-bond donors (Lipinski definition) is 0. The van der Waals surface area contributed by atoms with Crippen molar-refractivity contribution < 1.29 is 24.5 Å². The Morgan fingerprint density at radius 1 is 1.09 bits per heavy atom. The minimum atomic E-state index is -0.202. The third-order valence-electron chi connectivity index (χ3n) is 4.70. The predicted octanol–water partition coefficient (Wildman–Crippen LogP) is 4.46. The molecule has 0 atom stereocenters. The maximum atomic E-state index is 13.9. The molecule has 1 aliphatic rings. The van der Waals surface area contributed by atoms with Gasteiger partial charge in [0.15, 0.2) is 0 Å². The summed E-state index contributed by atoms with van der Waals surface area (Å²) in [6.45, 7) is 0. The number of pyridine rings is 1. The van der Waals surface area contributed by atoms with Crippen molar-refractivity contribution in [1.82, 2.24) is 9.38 Å². The molecule has 23 heavy (non-hydrogen) atoms. The monoisotopic (exact) mass is 482 g/mol. The maximum Gasteiger partial charge on any atom is 0.125 e. The Bertz CT molecular complexity index is 1050. The van der Waals surface area contributed by atoms with Crippen LogP contribution < -0.4 is 0 Å². The molecule has 0 bridgehead atoms. The van der Waals surface area contributed by atoms with Crippen LogP contribution in [-0.2, 0) is 32.9 Å². The Morgan fingerprint density at radius 2 is 1.96 bits per heavy atom. The van der Waals surface area contributed by atoms with Gasteiger partial charge < -0.3 is 4.40 Å². The molecule has 0 saturated heterocycles. The summed E-state index contributed by atoms with van der Waals surface area (Å²) < 4.78 is 16.0. The van der Waals surface area contributed by atoms with Gasteiger partial charge in [0.1, 0.15) is 5.82 Å². The first-order valence-electron chi connectivity index (χ1n) is 7.75. The standard InChI is InChI=1S/C19H14FN2.Ir/c20-12-9-10-14-13-5-1-2-6-15(13)19-21-16-7-3-4-8-17(16)22(19)18(14)11-12;/h1-2,5,9-11H,3-4,7-8H2;/q-1;. The van der Waals surface area contributed by atoms with Crippen molar-refractivity contribution in [2.24, 2.45) is 0 Å². The molecule has 0 unspecified atom stereocenters. The number of imidazole rings is 1. The van der Waals surface area contributed by atoms with Gasteiger partial charge in [-0.1, -0.05) is 11.5 Å². The van der Waals surface area contributed by atoms with Crippen molar-refractivity contribution in [1.29, 1.82) is 0 Å². The SMILES string of the molecule is Fc1ccc2c3ccc[c-]c3c3nc4c(n3c2c1)CCCC4.[Ir]. The number of aromatic nitrogens is 2. The van der Waals surface area contributed by atoms with E-state index >= 15 is 0 Å². The Hall–Kier alpha value is -1.77. The fourth-order valence-electron chi connectivity index (χ4n) is 3.73. The van der Waals surface area contributed by atoms with Crippen LogP contribution in [0.1, 0.15) is 24.2 Å². The van der Waals surface area contributed by atoms with Crippen LogP contribution in [0.4, 0.5) is 4.39 Å². The van der Waals surface area contributed by atoms with E-state index in [0.29, 0.717) is 0 Å². The summed E-state index contributed by atoms with van der Waals surface area (Å²) >= 11 is 0. The summed E-state index contributed by atoms with van der Waals surface area (Å²) in [7, 11) is 0. The van der Waals surface area contributed by atoms with Crippen molar-refractivity contribution in [3.63, 3.8) is 0 Å². The van der Waals surface area contributed by atoms with Crippen LogP contribution in [-0.4, -0.2) is 9.38 Å². The Balaban J connectivity index is 0.00000135. The molecule has 2 aromatic heterocycles. The van der Waals surface area contributed by atoms with Gasteiger partial charge in [-0.25, -0.2) is 4.39 Å². The molecular weight excluding hydrogens is 467 g/mol. The fraction of sp³-hybridized carbons (Fsp3) is 0.211. The summed E-state index contributed by atoms with van der Waals surface area (Å²) in [5.41, 5.74) is 4.25. The number of fused-ring (bicyclic) bond motifs is 8. The molecule has 4 aromatic rings. The van der Waals surface area contributed by atoms with Gasteiger partial charge >= 0.3 is 0 Å². The van der Waals surface area contributed by atoms with Crippen LogP contribution in [0.5, 0.6) is 0 Å². The maximum absolute atomic E-state index is 13.9. The number of benzene rings is 2. The van der Waals surface area contributed by atoms with Crippen LogP contribution in [0, 0.1) is 11.9 Å². The quantitative estimate of drug-likeness (QED) is 0.268. The molecule has 0 N–H and O–H groups in total. The van der Waals surface area contributed by atoms with E-state index in [1.807, 2.05) is 18.2 Å². The van der Waals surface area contributed by atoms with Crippen molar-refractivity contribution in [3.05, 3.63) is 59.7 Å². The average molecular weight is 482 g/mol. The van der Waals surface area contributed by atoms with Gasteiger partial charge in [-0.3, -0.25) is 4.98 Å². The second-order valence-corrected chi connectivity index (χ2v) is 5.99. The summed E-state index contributed by atoms with van der Waals surface area (Å²) in [5.74, 6) is -0.202. The van der Waals surface area contributed by atoms with Gasteiger partial charge in [0.2, 0.25) is 0 Å². The zero-order valence-corrected chi connectivity index (χ0v) is 14.8. The van der Waals surface area contributed by atoms with E-state index in [2.05, 4.69) is 16.5 Å². The van der Waals surface area contributed by atoms with Gasteiger partial charge in [-0.15, -0.1) is 29.7 Å². The molecule has 2 aromatic carbocycles. The van der Waals surface area contributed by atoms with E-state index in [4.69, 9.17) is 4.98 Å². The van der Waals surface area contributed by atoms with Crippen LogP contribution >= 0.6 is 0 Å². The number of rotatable bonds is 0. The molecule has 0 fully saturated rings. The van der Waals surface area contributed by atoms with E-state index in [-0.39, 0.29) is 25.9 Å². The summed E-state index contributed by atoms with van der Waals surface area (Å²) in [6.07, 6.45) is 4.39. The first kappa shape index (κ1) is 14.8. The number of aryl methyl sites for hydroxylation is 2. The molecule has 0 amide bonds. The van der Waals surface area contributed by atoms with Crippen molar-refractivity contribution in [2.75, 3.05) is 0 Å². The van der Waals surface area contributed by atoms with E-state index in [0.717, 1.165) is 40.2 Å². The molecule has 0 spiro atoms. The summed E-state index contributed by atoms with van der Waals surface area (Å²) in [6, 6.07) is 14.3. The van der Waals surface area contributed by atoms with E-state index in [1.165, 1.54) is 30.3 Å². The number of halogens is 1. The van der Waals surface area contributed by atoms with E-state index in [9.17, 15) is 4.39 Å². The van der Waals surface area contributed by atoms with Gasteiger partial charge in [0.05, 0.1) is 11.3 Å². The molecule has 4 heteroatoms. The first-order valence-corrected chi connectivity index (χ1v) is 7.75. The first-order chi connectivity index (χ1) is 10.8. The zero-order chi connectivity index (χ0) is 14.7. The van der Waals surface area contributed by atoms with Crippen molar-refractivity contribution in [3.8, 4) is 0 Å². The Labute approximate surface area is 146 Å². The average Bonchev–Trinajstić information content (AvgIpc) is 2.95. The number of hydrogen-bond acceptors (Lipinski definition) is 1. The largest absolute Gasteiger partial charge is 0.337 e. The van der Waals surface area contributed by atoms with Gasteiger partial charge in [-0.05, 0) is 43.2 Å². The third-order valence-corrected chi connectivity index (χ3v) is 4.70. The van der Waals surface area contributed by atoms with Crippen LogP contribution in [0.3, 0.4) is 0 Å². The molecule has 1 aliphatic carbocycles. The number of nitrogens with zero attached hydrogens (tertiary/aromatic N) is 2. The molecule has 5 rings (SSSR count). The topological polar surface area (TPSA) is 17.3 Å². The zero-order valence-electron chi connectivity index (χ0n) is 12.4. The Morgan fingerprint density at radius 3 is 2.87 bits per heavy atom. The molecule has 2 nitrogen and oxygen atoms in total. The van der Waals surface area contributed by atoms with Crippen LogP contribution in [0.2, 0.25) is 0 Å².